The van der Waals surface area contributed by atoms with Crippen LogP contribution >= 0.6 is 0 Å². The van der Waals surface area contributed by atoms with Crippen LogP contribution < -0.4 is 0 Å². The number of carbonyl (C=O) groups excluding carboxylic acids is 2. The van der Waals surface area contributed by atoms with Gasteiger partial charge in [0, 0.05) is 23.9 Å². The van der Waals surface area contributed by atoms with Crippen LogP contribution in [0, 0.1) is 35.5 Å². The minimum absolute atomic E-state index is 0.00362. The smallest absolute Gasteiger partial charge is 0.309 e. The maximum atomic E-state index is 12.5. The molecule has 150 valence electrons. The number of ether oxygens (including phenoxy) is 2. The molecule has 10 atom stereocenters. The molecule has 5 nitrogen and oxygen atoms in total. The highest BCUT2D eigenvalue weighted by Crippen LogP contribution is 2.57. The first kappa shape index (κ1) is 18.0. The molecule has 5 heteroatoms. The Morgan fingerprint density at radius 1 is 1.04 bits per heavy atom. The molecule has 5 aliphatic rings. The third-order valence-corrected chi connectivity index (χ3v) is 8.61. The van der Waals surface area contributed by atoms with Crippen LogP contribution in [0.15, 0.2) is 0 Å². The molecule has 0 aromatic heterocycles. The number of esters is 2. The predicted molar refractivity (Wildman–Crippen MR) is 99.7 cm³/mol. The van der Waals surface area contributed by atoms with E-state index in [1.807, 2.05) is 6.92 Å². The summed E-state index contributed by atoms with van der Waals surface area (Å²) in [5.74, 6) is 1.94. The van der Waals surface area contributed by atoms with Crippen molar-refractivity contribution in [3.63, 3.8) is 0 Å². The molecular formula is C22H33NO4. The van der Waals surface area contributed by atoms with Gasteiger partial charge < -0.3 is 9.47 Å². The van der Waals surface area contributed by atoms with Gasteiger partial charge >= 0.3 is 11.9 Å². The van der Waals surface area contributed by atoms with E-state index in [1.54, 1.807) is 0 Å². The Bertz CT molecular complexity index is 636. The van der Waals surface area contributed by atoms with Crippen LogP contribution in [0.5, 0.6) is 0 Å². The van der Waals surface area contributed by atoms with Gasteiger partial charge in [-0.3, -0.25) is 14.5 Å². The lowest BCUT2D eigenvalue weighted by Gasteiger charge is -2.48. The van der Waals surface area contributed by atoms with Crippen LogP contribution in [0.1, 0.15) is 59.3 Å². The van der Waals surface area contributed by atoms with Crippen molar-refractivity contribution in [1.29, 1.82) is 0 Å². The van der Waals surface area contributed by atoms with E-state index in [1.165, 1.54) is 19.3 Å². The maximum absolute atomic E-state index is 12.5. The van der Waals surface area contributed by atoms with Crippen molar-refractivity contribution >= 4 is 11.9 Å². The molecule has 0 N–H and O–H groups in total. The minimum atomic E-state index is -0.0294. The van der Waals surface area contributed by atoms with Crippen molar-refractivity contribution in [2.45, 2.75) is 83.6 Å². The summed E-state index contributed by atoms with van der Waals surface area (Å²) in [6.07, 6.45) is 6.87. The Kier molecular flexibility index (Phi) is 4.30. The number of cyclic esters (lactones) is 1. The fraction of sp³-hybridized carbons (Fsp3) is 0.909. The number of carbonyl (C=O) groups is 2. The van der Waals surface area contributed by atoms with E-state index in [-0.39, 0.29) is 36.0 Å². The SMILES string of the molecule is CC[C@H]1[C@H]2OC(=O)[C@@H](C)[C@H]2[C@@H]2C[C@@H]([C@@H]3C[C@H](C)C(=O)O3)N3CCCC[C@H]1C23. The third kappa shape index (κ3) is 2.53. The summed E-state index contributed by atoms with van der Waals surface area (Å²) >= 11 is 0. The molecule has 0 aromatic carbocycles. The molecule has 4 saturated heterocycles. The first-order valence-electron chi connectivity index (χ1n) is 11.2. The second-order valence-corrected chi connectivity index (χ2v) is 9.81. The Balaban J connectivity index is 1.51. The van der Waals surface area contributed by atoms with Gasteiger partial charge in [0.05, 0.1) is 11.8 Å². The van der Waals surface area contributed by atoms with Gasteiger partial charge in [-0.25, -0.2) is 0 Å². The monoisotopic (exact) mass is 375 g/mol. The molecule has 5 fully saturated rings. The van der Waals surface area contributed by atoms with Gasteiger partial charge in [0.1, 0.15) is 12.2 Å². The molecule has 1 aliphatic carbocycles. The zero-order valence-corrected chi connectivity index (χ0v) is 16.8. The van der Waals surface area contributed by atoms with Gasteiger partial charge in [0.15, 0.2) is 0 Å². The average Bonchev–Trinajstić information content (AvgIpc) is 3.20. The summed E-state index contributed by atoms with van der Waals surface area (Å²) in [5.41, 5.74) is 0. The van der Waals surface area contributed by atoms with E-state index >= 15 is 0 Å². The Labute approximate surface area is 162 Å². The van der Waals surface area contributed by atoms with E-state index in [4.69, 9.17) is 9.47 Å². The first-order chi connectivity index (χ1) is 13.0. The molecule has 1 saturated carbocycles. The molecule has 0 amide bonds. The Morgan fingerprint density at radius 3 is 2.56 bits per heavy atom. The van der Waals surface area contributed by atoms with Gasteiger partial charge in [0.2, 0.25) is 0 Å². The molecular weight excluding hydrogens is 342 g/mol. The highest BCUT2D eigenvalue weighted by Gasteiger charge is 2.63. The van der Waals surface area contributed by atoms with Crippen LogP contribution in [0.4, 0.5) is 0 Å². The normalized spacial score (nSPS) is 52.1. The first-order valence-corrected chi connectivity index (χ1v) is 11.2. The summed E-state index contributed by atoms with van der Waals surface area (Å²) in [4.78, 5) is 27.3. The summed E-state index contributed by atoms with van der Waals surface area (Å²) in [6, 6.07) is 0.865. The topological polar surface area (TPSA) is 55.8 Å². The van der Waals surface area contributed by atoms with Crippen molar-refractivity contribution in [2.75, 3.05) is 6.54 Å². The van der Waals surface area contributed by atoms with Crippen molar-refractivity contribution < 1.29 is 19.1 Å². The molecule has 0 aromatic rings. The standard InChI is InChI=1S/C22H33NO4/c1-4-13-14-7-5-6-8-23-16(17-9-11(2)21(24)26-17)10-15(19(14)23)18-12(3)22(25)27-20(13)18/h11-20H,4-10H2,1-3H3/t11-,12-,13+,14+,15-,16-,17-,18-,19?,20+/m0/s1. The largest absolute Gasteiger partial charge is 0.462 e. The van der Waals surface area contributed by atoms with Gasteiger partial charge in [-0.2, -0.15) is 0 Å². The molecule has 5 rings (SSSR count). The fourth-order valence-electron chi connectivity index (χ4n) is 7.48. The van der Waals surface area contributed by atoms with Gasteiger partial charge in [-0.05, 0) is 50.5 Å². The summed E-state index contributed by atoms with van der Waals surface area (Å²) in [7, 11) is 0. The molecule has 27 heavy (non-hydrogen) atoms. The van der Waals surface area contributed by atoms with Crippen LogP contribution in [-0.2, 0) is 19.1 Å². The van der Waals surface area contributed by atoms with Crippen molar-refractivity contribution in [3.05, 3.63) is 0 Å². The zero-order chi connectivity index (χ0) is 18.9. The second-order valence-electron chi connectivity index (χ2n) is 9.81. The molecule has 4 heterocycles. The average molecular weight is 376 g/mol. The highest BCUT2D eigenvalue weighted by molar-refractivity contribution is 5.75. The number of nitrogens with zero attached hydrogens (tertiary/aromatic N) is 1. The maximum Gasteiger partial charge on any atom is 0.309 e. The highest BCUT2D eigenvalue weighted by atomic mass is 16.6. The van der Waals surface area contributed by atoms with Crippen LogP contribution in [0.25, 0.3) is 0 Å². The van der Waals surface area contributed by atoms with Gasteiger partial charge in [-0.15, -0.1) is 0 Å². The molecule has 4 aliphatic heterocycles. The van der Waals surface area contributed by atoms with E-state index in [2.05, 4.69) is 18.7 Å². The van der Waals surface area contributed by atoms with Gasteiger partial charge in [-0.1, -0.05) is 27.2 Å². The van der Waals surface area contributed by atoms with E-state index in [0.29, 0.717) is 35.8 Å². The lowest BCUT2D eigenvalue weighted by Crippen LogP contribution is -2.54. The summed E-state index contributed by atoms with van der Waals surface area (Å²) in [6.45, 7) is 7.44. The number of hydrogen-bond donors (Lipinski definition) is 0. The van der Waals surface area contributed by atoms with Crippen LogP contribution in [0.3, 0.4) is 0 Å². The van der Waals surface area contributed by atoms with E-state index in [9.17, 15) is 9.59 Å². The van der Waals surface area contributed by atoms with Crippen LogP contribution in [-0.4, -0.2) is 47.7 Å². The Morgan fingerprint density at radius 2 is 1.85 bits per heavy atom. The second kappa shape index (κ2) is 6.47. The zero-order valence-electron chi connectivity index (χ0n) is 16.8. The van der Waals surface area contributed by atoms with E-state index < -0.39 is 0 Å². The number of fused-ring (bicyclic) bond motifs is 2. The lowest BCUT2D eigenvalue weighted by molar-refractivity contribution is -0.148. The van der Waals surface area contributed by atoms with Crippen molar-refractivity contribution in [1.82, 2.24) is 4.90 Å². The van der Waals surface area contributed by atoms with Crippen LogP contribution in [0.2, 0.25) is 0 Å². The molecule has 0 spiro atoms. The van der Waals surface area contributed by atoms with Gasteiger partial charge in [0.25, 0.3) is 0 Å². The van der Waals surface area contributed by atoms with Crippen molar-refractivity contribution in [2.24, 2.45) is 35.5 Å². The predicted octanol–water partition coefficient (Wildman–Crippen LogP) is 3.01. The minimum Gasteiger partial charge on any atom is -0.462 e. The fourth-order valence-corrected chi connectivity index (χ4v) is 7.48. The molecule has 0 radical (unpaired) electrons. The van der Waals surface area contributed by atoms with E-state index in [0.717, 1.165) is 25.8 Å². The Hall–Kier alpha value is -1.10. The molecule has 0 bridgehead atoms. The summed E-state index contributed by atoms with van der Waals surface area (Å²) in [5, 5.41) is 0. The molecule has 1 unspecified atom stereocenters. The lowest BCUT2D eigenvalue weighted by atomic mass is 9.60. The number of hydrogen-bond acceptors (Lipinski definition) is 5. The third-order valence-electron chi connectivity index (χ3n) is 8.61. The number of rotatable bonds is 2. The van der Waals surface area contributed by atoms with Crippen molar-refractivity contribution in [3.8, 4) is 0 Å². The quantitative estimate of drug-likeness (QED) is 0.695. The summed E-state index contributed by atoms with van der Waals surface area (Å²) < 4.78 is 11.8.